The number of pyridine rings is 1. The zero-order valence-electron chi connectivity index (χ0n) is 18.1. The van der Waals surface area contributed by atoms with Crippen molar-refractivity contribution in [2.45, 2.75) is 49.7 Å². The van der Waals surface area contributed by atoms with Crippen LogP contribution in [0.1, 0.15) is 37.6 Å². The number of thioether (sulfide) groups is 1. The van der Waals surface area contributed by atoms with Gasteiger partial charge in [0.15, 0.2) is 5.16 Å². The van der Waals surface area contributed by atoms with Crippen LogP contribution in [0.3, 0.4) is 0 Å². The van der Waals surface area contributed by atoms with Crippen molar-refractivity contribution in [3.8, 4) is 0 Å². The van der Waals surface area contributed by atoms with Gasteiger partial charge in [-0.1, -0.05) is 60.1 Å². The highest BCUT2D eigenvalue weighted by molar-refractivity contribution is 8.00. The number of hydrogen-bond acceptors (Lipinski definition) is 6. The monoisotopic (exact) mass is 470 g/mol. The maximum Gasteiger partial charge on any atom is 0.238 e. The van der Waals surface area contributed by atoms with Gasteiger partial charge >= 0.3 is 0 Å². The molecule has 1 aromatic carbocycles. The first-order valence-corrected chi connectivity index (χ1v) is 12.1. The van der Waals surface area contributed by atoms with Gasteiger partial charge in [-0.15, -0.1) is 10.2 Å². The minimum absolute atomic E-state index is 0.142. The highest BCUT2D eigenvalue weighted by atomic mass is 35.5. The van der Waals surface area contributed by atoms with Crippen molar-refractivity contribution in [2.24, 2.45) is 0 Å². The van der Waals surface area contributed by atoms with Crippen molar-refractivity contribution in [3.05, 3.63) is 65.1 Å². The Kier molecular flexibility index (Phi) is 7.78. The summed E-state index contributed by atoms with van der Waals surface area (Å²) in [6.07, 6.45) is 5.26. The summed E-state index contributed by atoms with van der Waals surface area (Å²) < 4.78 is 2.14. The van der Waals surface area contributed by atoms with Crippen molar-refractivity contribution in [2.75, 3.05) is 18.4 Å². The maximum atomic E-state index is 12.7. The molecule has 3 heterocycles. The molecule has 1 N–H and O–H groups in total. The van der Waals surface area contributed by atoms with Gasteiger partial charge in [-0.2, -0.15) is 0 Å². The number of amides is 1. The van der Waals surface area contributed by atoms with Crippen LogP contribution in [0.15, 0.2) is 53.8 Å². The number of carbonyl (C=O) groups is 1. The first-order chi connectivity index (χ1) is 15.6. The van der Waals surface area contributed by atoms with Gasteiger partial charge in [0.2, 0.25) is 5.91 Å². The molecule has 1 saturated heterocycles. The number of anilines is 1. The van der Waals surface area contributed by atoms with Gasteiger partial charge < -0.3 is 9.88 Å². The minimum atomic E-state index is -0.367. The molecule has 0 saturated carbocycles. The molecule has 0 radical (unpaired) electrons. The highest BCUT2D eigenvalue weighted by Gasteiger charge is 2.22. The molecule has 0 bridgehead atoms. The lowest BCUT2D eigenvalue weighted by Crippen LogP contribution is -2.30. The third-order valence-electron chi connectivity index (χ3n) is 5.42. The first-order valence-electron chi connectivity index (χ1n) is 10.9. The second kappa shape index (κ2) is 10.9. The lowest BCUT2D eigenvalue weighted by Gasteiger charge is -2.26. The van der Waals surface area contributed by atoms with Crippen molar-refractivity contribution in [3.63, 3.8) is 0 Å². The number of aromatic nitrogens is 4. The van der Waals surface area contributed by atoms with E-state index in [-0.39, 0.29) is 11.2 Å². The molecular formula is C23H27ClN6OS. The number of nitrogens with zero attached hydrogens (tertiary/aromatic N) is 5. The number of piperidine rings is 1. The Hall–Kier alpha value is -2.42. The summed E-state index contributed by atoms with van der Waals surface area (Å²) in [5.74, 6) is 1.27. The molecule has 1 fully saturated rings. The molecule has 7 nitrogen and oxygen atoms in total. The van der Waals surface area contributed by atoms with Crippen LogP contribution in [0.25, 0.3) is 0 Å². The molecule has 1 aliphatic heterocycles. The van der Waals surface area contributed by atoms with Crippen LogP contribution in [-0.4, -0.2) is 48.9 Å². The molecular weight excluding hydrogens is 444 g/mol. The zero-order valence-corrected chi connectivity index (χ0v) is 19.6. The van der Waals surface area contributed by atoms with Crippen LogP contribution in [0, 0.1) is 0 Å². The summed E-state index contributed by atoms with van der Waals surface area (Å²) in [6, 6.07) is 13.7. The van der Waals surface area contributed by atoms with Crippen LogP contribution >= 0.6 is 23.4 Å². The second-order valence-electron chi connectivity index (χ2n) is 7.92. The lowest BCUT2D eigenvalue weighted by molar-refractivity contribution is -0.115. The van der Waals surface area contributed by atoms with Crippen LogP contribution < -0.4 is 5.32 Å². The van der Waals surface area contributed by atoms with Crippen molar-refractivity contribution in [1.82, 2.24) is 24.6 Å². The molecule has 168 valence electrons. The van der Waals surface area contributed by atoms with E-state index in [1.807, 2.05) is 25.1 Å². The van der Waals surface area contributed by atoms with Crippen LogP contribution in [0.4, 0.5) is 5.82 Å². The normalized spacial score (nSPS) is 15.4. The van der Waals surface area contributed by atoms with Crippen LogP contribution in [0.5, 0.6) is 0 Å². The van der Waals surface area contributed by atoms with E-state index in [0.717, 1.165) is 30.6 Å². The summed E-state index contributed by atoms with van der Waals surface area (Å²) >= 11 is 7.28. The number of rotatable bonds is 8. The SMILES string of the molecule is CC(Sc1nnc(CN2CCCCC2)n1Cc1ccccc1)C(=O)Nc1ccc(Cl)cn1. The van der Waals surface area contributed by atoms with Gasteiger partial charge in [-0.05, 0) is 50.6 Å². The number of likely N-dealkylation sites (tertiary alicyclic amines) is 1. The highest BCUT2D eigenvalue weighted by Crippen LogP contribution is 2.25. The third-order valence-corrected chi connectivity index (χ3v) is 6.72. The molecule has 1 atom stereocenters. The summed E-state index contributed by atoms with van der Waals surface area (Å²) in [5.41, 5.74) is 1.18. The molecule has 0 spiro atoms. The van der Waals surface area contributed by atoms with Crippen molar-refractivity contribution < 1.29 is 4.79 Å². The molecule has 3 aromatic rings. The number of hydrogen-bond donors (Lipinski definition) is 1. The van der Waals surface area contributed by atoms with E-state index in [4.69, 9.17) is 11.6 Å². The van der Waals surface area contributed by atoms with Crippen LogP contribution in [0.2, 0.25) is 5.02 Å². The number of carbonyl (C=O) groups excluding carboxylic acids is 1. The maximum absolute atomic E-state index is 12.7. The fraction of sp³-hybridized carbons (Fsp3) is 0.391. The zero-order chi connectivity index (χ0) is 22.3. The predicted octanol–water partition coefficient (Wildman–Crippen LogP) is 4.48. The second-order valence-corrected chi connectivity index (χ2v) is 9.66. The summed E-state index contributed by atoms with van der Waals surface area (Å²) in [4.78, 5) is 19.3. The van der Waals surface area contributed by atoms with Gasteiger partial charge in [-0.3, -0.25) is 9.69 Å². The Morgan fingerprint density at radius 1 is 1.09 bits per heavy atom. The van der Waals surface area contributed by atoms with E-state index in [9.17, 15) is 4.79 Å². The fourth-order valence-electron chi connectivity index (χ4n) is 3.65. The molecule has 1 unspecified atom stereocenters. The smallest absolute Gasteiger partial charge is 0.238 e. The molecule has 2 aromatic heterocycles. The largest absolute Gasteiger partial charge is 0.310 e. The van der Waals surface area contributed by atoms with E-state index in [1.54, 1.807) is 12.1 Å². The fourth-order valence-corrected chi connectivity index (χ4v) is 4.63. The van der Waals surface area contributed by atoms with Gasteiger partial charge in [0.05, 0.1) is 23.4 Å². The van der Waals surface area contributed by atoms with E-state index < -0.39 is 0 Å². The Labute approximate surface area is 197 Å². The summed E-state index contributed by atoms with van der Waals surface area (Å²) in [7, 11) is 0. The van der Waals surface area contributed by atoms with Crippen molar-refractivity contribution >= 4 is 35.1 Å². The van der Waals surface area contributed by atoms with Gasteiger partial charge in [0.1, 0.15) is 11.6 Å². The standard InChI is InChI=1S/C23H27ClN6OS/c1-17(22(31)26-20-11-10-19(24)14-25-20)32-23-28-27-21(16-29-12-6-3-7-13-29)30(23)15-18-8-4-2-5-9-18/h2,4-5,8-11,14,17H,3,6-7,12-13,15-16H2,1H3,(H,25,26,31). The minimum Gasteiger partial charge on any atom is -0.310 e. The van der Waals surface area contributed by atoms with E-state index >= 15 is 0 Å². The quantitative estimate of drug-likeness (QED) is 0.489. The Balaban J connectivity index is 1.49. The Morgan fingerprint density at radius 2 is 1.88 bits per heavy atom. The van der Waals surface area contributed by atoms with Gasteiger partial charge in [-0.25, -0.2) is 4.98 Å². The summed E-state index contributed by atoms with van der Waals surface area (Å²) in [6.45, 7) is 5.49. The van der Waals surface area contributed by atoms with E-state index in [1.165, 1.54) is 42.8 Å². The predicted molar refractivity (Wildman–Crippen MR) is 128 cm³/mol. The third kappa shape index (κ3) is 6.09. The molecule has 9 heteroatoms. The number of benzene rings is 1. The molecule has 1 aliphatic rings. The topological polar surface area (TPSA) is 75.9 Å². The summed E-state index contributed by atoms with van der Waals surface area (Å²) in [5, 5.41) is 12.7. The Bertz CT molecular complexity index is 1020. The van der Waals surface area contributed by atoms with Crippen molar-refractivity contribution in [1.29, 1.82) is 0 Å². The number of halogens is 1. The molecule has 0 aliphatic carbocycles. The average molecular weight is 471 g/mol. The van der Waals surface area contributed by atoms with E-state index in [2.05, 4.69) is 42.1 Å². The first kappa shape index (κ1) is 22.8. The average Bonchev–Trinajstić information content (AvgIpc) is 3.17. The number of nitrogens with one attached hydrogen (secondary N) is 1. The van der Waals surface area contributed by atoms with E-state index in [0.29, 0.717) is 17.4 Å². The van der Waals surface area contributed by atoms with Gasteiger partial charge in [0, 0.05) is 6.20 Å². The lowest BCUT2D eigenvalue weighted by atomic mass is 10.1. The van der Waals surface area contributed by atoms with Gasteiger partial charge in [0.25, 0.3) is 0 Å². The molecule has 4 rings (SSSR count). The Morgan fingerprint density at radius 3 is 2.59 bits per heavy atom. The molecule has 32 heavy (non-hydrogen) atoms. The molecule has 1 amide bonds. The van der Waals surface area contributed by atoms with Crippen LogP contribution in [-0.2, 0) is 17.9 Å².